The maximum Gasteiger partial charge on any atom is 0.407 e. The van der Waals surface area contributed by atoms with Gasteiger partial charge in [0, 0.05) is 31.5 Å². The van der Waals surface area contributed by atoms with Gasteiger partial charge in [-0.1, -0.05) is 61.9 Å². The third-order valence-electron chi connectivity index (χ3n) is 7.65. The molecule has 2 aliphatic carbocycles. The van der Waals surface area contributed by atoms with Crippen LogP contribution in [0.1, 0.15) is 49.7 Å². The molecule has 2 N–H and O–H groups in total. The molecule has 2 amide bonds. The highest BCUT2D eigenvalue weighted by Gasteiger charge is 2.66. The quantitative estimate of drug-likeness (QED) is 0.618. The number of aliphatic carboxylic acids is 1. The maximum atomic E-state index is 12.8. The van der Waals surface area contributed by atoms with Crippen LogP contribution in [-0.2, 0) is 14.3 Å². The van der Waals surface area contributed by atoms with Crippen molar-refractivity contribution in [3.63, 3.8) is 0 Å². The molecule has 1 saturated heterocycles. The van der Waals surface area contributed by atoms with Crippen molar-refractivity contribution in [3.05, 3.63) is 59.7 Å². The first-order valence-electron chi connectivity index (χ1n) is 12.1. The number of nitrogens with one attached hydrogen (secondary N) is 1. The Kier molecular flexibility index (Phi) is 5.80. The number of carboxylic acid groups (broad SMARTS) is 1. The van der Waals surface area contributed by atoms with Crippen molar-refractivity contribution in [1.29, 1.82) is 0 Å². The molecule has 7 heteroatoms. The summed E-state index contributed by atoms with van der Waals surface area (Å²) in [5.74, 6) is -0.874. The van der Waals surface area contributed by atoms with E-state index >= 15 is 0 Å². The number of piperidine rings is 1. The summed E-state index contributed by atoms with van der Waals surface area (Å²) in [6.07, 6.45) is 1.74. The first-order valence-corrected chi connectivity index (χ1v) is 12.1. The largest absolute Gasteiger partial charge is 0.481 e. The van der Waals surface area contributed by atoms with Crippen molar-refractivity contribution in [2.45, 2.75) is 44.6 Å². The van der Waals surface area contributed by atoms with E-state index in [2.05, 4.69) is 29.6 Å². The van der Waals surface area contributed by atoms with Gasteiger partial charge in [0.1, 0.15) is 6.61 Å². The fourth-order valence-electron chi connectivity index (χ4n) is 5.72. The van der Waals surface area contributed by atoms with E-state index in [0.29, 0.717) is 19.4 Å². The summed E-state index contributed by atoms with van der Waals surface area (Å²) >= 11 is 0. The molecule has 1 aliphatic heterocycles. The lowest BCUT2D eigenvalue weighted by atomic mass is 9.98. The van der Waals surface area contributed by atoms with Crippen molar-refractivity contribution in [2.75, 3.05) is 19.7 Å². The molecular weight excluding hydrogens is 432 g/mol. The Labute approximate surface area is 199 Å². The molecule has 3 unspecified atom stereocenters. The van der Waals surface area contributed by atoms with Crippen molar-refractivity contribution < 1.29 is 24.2 Å². The second-order valence-corrected chi connectivity index (χ2v) is 9.80. The predicted octanol–water partition coefficient (Wildman–Crippen LogP) is 4.02. The van der Waals surface area contributed by atoms with Crippen LogP contribution < -0.4 is 5.32 Å². The fraction of sp³-hybridized carbons (Fsp3) is 0.444. The van der Waals surface area contributed by atoms with E-state index in [4.69, 9.17) is 4.74 Å². The Balaban J connectivity index is 1.18. The normalized spacial score (nSPS) is 23.0. The number of carbonyl (C=O) groups excluding carboxylic acids is 2. The molecule has 2 aromatic carbocycles. The van der Waals surface area contributed by atoms with Crippen molar-refractivity contribution in [2.24, 2.45) is 11.3 Å². The number of amides is 2. The van der Waals surface area contributed by atoms with Gasteiger partial charge in [-0.05, 0) is 41.0 Å². The molecule has 3 atom stereocenters. The van der Waals surface area contributed by atoms with Crippen LogP contribution in [0.5, 0.6) is 0 Å². The maximum absolute atomic E-state index is 12.8. The van der Waals surface area contributed by atoms with E-state index in [9.17, 15) is 19.5 Å². The highest BCUT2D eigenvalue weighted by Crippen LogP contribution is 2.58. The zero-order valence-electron chi connectivity index (χ0n) is 19.3. The monoisotopic (exact) mass is 462 g/mol. The van der Waals surface area contributed by atoms with Crippen LogP contribution in [0.3, 0.4) is 0 Å². The molecule has 0 radical (unpaired) electrons. The van der Waals surface area contributed by atoms with Crippen LogP contribution in [0.4, 0.5) is 4.79 Å². The summed E-state index contributed by atoms with van der Waals surface area (Å²) in [6, 6.07) is 16.0. The molecular formula is C27H30N2O5. The molecule has 0 bridgehead atoms. The van der Waals surface area contributed by atoms with Crippen molar-refractivity contribution in [3.8, 4) is 11.1 Å². The van der Waals surface area contributed by atoms with Gasteiger partial charge in [0.15, 0.2) is 0 Å². The Morgan fingerprint density at radius 2 is 1.76 bits per heavy atom. The van der Waals surface area contributed by atoms with Gasteiger partial charge in [0.25, 0.3) is 0 Å². The van der Waals surface area contributed by atoms with Crippen LogP contribution in [0, 0.1) is 11.3 Å². The Morgan fingerprint density at radius 3 is 2.35 bits per heavy atom. The summed E-state index contributed by atoms with van der Waals surface area (Å²) < 4.78 is 5.64. The molecule has 0 spiro atoms. The SMILES string of the molecule is CCCC(CC(=O)N1CC2CC2(C(=O)O)C1)NC(=O)OCC1c2ccccc2-c2ccccc21. The van der Waals surface area contributed by atoms with Gasteiger partial charge in [-0.25, -0.2) is 4.79 Å². The fourth-order valence-corrected chi connectivity index (χ4v) is 5.72. The van der Waals surface area contributed by atoms with E-state index in [0.717, 1.165) is 17.5 Å². The third-order valence-corrected chi connectivity index (χ3v) is 7.65. The first-order chi connectivity index (χ1) is 16.4. The lowest BCUT2D eigenvalue weighted by Crippen LogP contribution is -2.41. The number of hydrogen-bond donors (Lipinski definition) is 2. The number of hydrogen-bond acceptors (Lipinski definition) is 4. The van der Waals surface area contributed by atoms with Crippen molar-refractivity contribution >= 4 is 18.0 Å². The van der Waals surface area contributed by atoms with Gasteiger partial charge < -0.3 is 20.1 Å². The summed E-state index contributed by atoms with van der Waals surface area (Å²) in [5.41, 5.74) is 3.90. The molecule has 2 aromatic rings. The zero-order chi connectivity index (χ0) is 23.9. The minimum atomic E-state index is -0.810. The van der Waals surface area contributed by atoms with Crippen LogP contribution in [0.15, 0.2) is 48.5 Å². The number of ether oxygens (including phenoxy) is 1. The lowest BCUT2D eigenvalue weighted by molar-refractivity contribution is -0.144. The van der Waals surface area contributed by atoms with Gasteiger partial charge >= 0.3 is 12.1 Å². The number of alkyl carbamates (subject to hydrolysis) is 1. The summed E-state index contributed by atoms with van der Waals surface area (Å²) in [5, 5.41) is 12.3. The van der Waals surface area contributed by atoms with Crippen LogP contribution in [-0.4, -0.2) is 53.7 Å². The predicted molar refractivity (Wildman–Crippen MR) is 126 cm³/mol. The molecule has 7 nitrogen and oxygen atoms in total. The Morgan fingerprint density at radius 1 is 1.12 bits per heavy atom. The number of nitrogens with zero attached hydrogens (tertiary/aromatic N) is 1. The number of rotatable bonds is 8. The lowest BCUT2D eigenvalue weighted by Gasteiger charge is -2.24. The Bertz CT molecular complexity index is 1090. The van der Waals surface area contributed by atoms with Crippen molar-refractivity contribution in [1.82, 2.24) is 10.2 Å². The molecule has 5 rings (SSSR count). The van der Waals surface area contributed by atoms with E-state index in [-0.39, 0.29) is 43.4 Å². The van der Waals surface area contributed by atoms with E-state index in [1.807, 2.05) is 31.2 Å². The van der Waals surface area contributed by atoms with Crippen LogP contribution in [0.2, 0.25) is 0 Å². The summed E-state index contributed by atoms with van der Waals surface area (Å²) in [7, 11) is 0. The molecule has 34 heavy (non-hydrogen) atoms. The smallest absolute Gasteiger partial charge is 0.407 e. The molecule has 0 aromatic heterocycles. The number of fused-ring (bicyclic) bond motifs is 4. The van der Waals surface area contributed by atoms with Gasteiger partial charge in [0.2, 0.25) is 5.91 Å². The van der Waals surface area contributed by atoms with Gasteiger partial charge in [0.05, 0.1) is 5.41 Å². The topological polar surface area (TPSA) is 95.9 Å². The summed E-state index contributed by atoms with van der Waals surface area (Å²) in [6.45, 7) is 2.99. The molecule has 1 saturated carbocycles. The van der Waals surface area contributed by atoms with Gasteiger partial charge in [-0.2, -0.15) is 0 Å². The number of carbonyl (C=O) groups is 3. The van der Waals surface area contributed by atoms with Gasteiger partial charge in [-0.15, -0.1) is 0 Å². The highest BCUT2D eigenvalue weighted by molar-refractivity contribution is 5.84. The molecule has 3 aliphatic rings. The highest BCUT2D eigenvalue weighted by atomic mass is 16.5. The number of carboxylic acids is 1. The van der Waals surface area contributed by atoms with Gasteiger partial charge in [-0.3, -0.25) is 9.59 Å². The molecule has 1 heterocycles. The first kappa shape index (κ1) is 22.4. The van der Waals surface area contributed by atoms with E-state index in [1.54, 1.807) is 4.90 Å². The minimum absolute atomic E-state index is 0.0204. The number of benzene rings is 2. The third kappa shape index (κ3) is 3.93. The second-order valence-electron chi connectivity index (χ2n) is 9.80. The van der Waals surface area contributed by atoms with Crippen LogP contribution in [0.25, 0.3) is 11.1 Å². The van der Waals surface area contributed by atoms with E-state index < -0.39 is 17.5 Å². The average Bonchev–Trinajstić information content (AvgIpc) is 3.25. The van der Waals surface area contributed by atoms with Crippen LogP contribution >= 0.6 is 0 Å². The second kappa shape index (κ2) is 8.78. The zero-order valence-corrected chi connectivity index (χ0v) is 19.3. The summed E-state index contributed by atoms with van der Waals surface area (Å²) in [4.78, 5) is 38.7. The molecule has 2 fully saturated rings. The number of likely N-dealkylation sites (tertiary alicyclic amines) is 1. The standard InChI is InChI=1S/C27H30N2O5/c1-2-7-18(12-24(30)29-14-17-13-27(17,16-29)25(31)32)28-26(33)34-15-23-21-10-5-3-8-19(21)20-9-4-6-11-22(20)23/h3-6,8-11,17-18,23H,2,7,12-16H2,1H3,(H,28,33)(H,31,32). The Hall–Kier alpha value is -3.35. The molecule has 178 valence electrons. The van der Waals surface area contributed by atoms with E-state index in [1.165, 1.54) is 11.1 Å². The average molecular weight is 463 g/mol. The minimum Gasteiger partial charge on any atom is -0.481 e.